The van der Waals surface area contributed by atoms with Crippen LogP contribution in [0.25, 0.3) is 0 Å². The quantitative estimate of drug-likeness (QED) is 0.757. The van der Waals surface area contributed by atoms with Crippen LogP contribution in [0.4, 0.5) is 0 Å². The summed E-state index contributed by atoms with van der Waals surface area (Å²) in [5.41, 5.74) is 0. The zero-order chi connectivity index (χ0) is 14.1. The van der Waals surface area contributed by atoms with Crippen molar-refractivity contribution in [2.75, 3.05) is 6.54 Å². The summed E-state index contributed by atoms with van der Waals surface area (Å²) < 4.78 is 0. The van der Waals surface area contributed by atoms with E-state index in [2.05, 4.69) is 5.32 Å². The van der Waals surface area contributed by atoms with Gasteiger partial charge in [-0.3, -0.25) is 9.59 Å². The molecule has 0 aromatic heterocycles. The molecular weight excluding hydrogens is 254 g/mol. The van der Waals surface area contributed by atoms with E-state index in [1.807, 2.05) is 12.2 Å². The number of aliphatic carboxylic acids is 1. The Balaban J connectivity index is 1.53. The summed E-state index contributed by atoms with van der Waals surface area (Å²) in [5, 5.41) is 12.3. The highest BCUT2D eigenvalue weighted by molar-refractivity contribution is 5.86. The maximum atomic E-state index is 12.3. The highest BCUT2D eigenvalue weighted by Crippen LogP contribution is 2.48. The summed E-state index contributed by atoms with van der Waals surface area (Å²) in [6.07, 6.45) is 11.1. The van der Waals surface area contributed by atoms with E-state index in [9.17, 15) is 14.7 Å². The van der Waals surface area contributed by atoms with Crippen molar-refractivity contribution in [3.63, 3.8) is 0 Å². The summed E-state index contributed by atoms with van der Waals surface area (Å²) in [6.45, 7) is 0.702. The lowest BCUT2D eigenvalue weighted by Crippen LogP contribution is -2.40. The van der Waals surface area contributed by atoms with Crippen molar-refractivity contribution in [2.24, 2.45) is 29.6 Å². The highest BCUT2D eigenvalue weighted by Gasteiger charge is 2.51. The maximum absolute atomic E-state index is 12.3. The van der Waals surface area contributed by atoms with E-state index in [4.69, 9.17) is 0 Å². The Labute approximate surface area is 119 Å². The summed E-state index contributed by atoms with van der Waals surface area (Å²) in [7, 11) is 0. The van der Waals surface area contributed by atoms with Crippen molar-refractivity contribution in [3.05, 3.63) is 12.2 Å². The van der Waals surface area contributed by atoms with Crippen LogP contribution < -0.4 is 5.32 Å². The summed E-state index contributed by atoms with van der Waals surface area (Å²) in [5.74, 6) is -0.797. The zero-order valence-corrected chi connectivity index (χ0v) is 11.8. The second-order valence-corrected chi connectivity index (χ2v) is 6.57. The average molecular weight is 277 g/mol. The van der Waals surface area contributed by atoms with Crippen molar-refractivity contribution in [1.82, 2.24) is 5.32 Å². The van der Waals surface area contributed by atoms with E-state index in [0.717, 1.165) is 18.8 Å². The second kappa shape index (κ2) is 5.58. The normalized spacial score (nSPS) is 35.6. The molecule has 3 aliphatic rings. The Morgan fingerprint density at radius 2 is 1.75 bits per heavy atom. The number of nitrogens with one attached hydrogen (secondary N) is 1. The Morgan fingerprint density at radius 3 is 2.40 bits per heavy atom. The van der Waals surface area contributed by atoms with Crippen LogP contribution >= 0.6 is 0 Å². The van der Waals surface area contributed by atoms with Crippen molar-refractivity contribution in [3.8, 4) is 0 Å². The van der Waals surface area contributed by atoms with Crippen LogP contribution in [0, 0.1) is 29.6 Å². The molecule has 20 heavy (non-hydrogen) atoms. The molecule has 2 saturated carbocycles. The number of rotatable bonds is 5. The number of hydrogen-bond acceptors (Lipinski definition) is 2. The van der Waals surface area contributed by atoms with Gasteiger partial charge in [-0.05, 0) is 30.6 Å². The molecule has 3 rings (SSSR count). The van der Waals surface area contributed by atoms with Crippen LogP contribution in [0.3, 0.4) is 0 Å². The number of fused-ring (bicyclic) bond motifs is 2. The minimum atomic E-state index is -0.821. The van der Waals surface area contributed by atoms with Crippen molar-refractivity contribution in [1.29, 1.82) is 0 Å². The standard InChI is InChI=1S/C16H23NO3/c18-15(17-8-7-10-3-1-2-4-10)13-11-5-6-12(9-11)14(13)16(19)20/h5-6,10-14H,1-4,7-9H2,(H,17,18)(H,19,20). The molecule has 0 heterocycles. The fourth-order valence-electron chi connectivity index (χ4n) is 4.33. The molecule has 4 unspecified atom stereocenters. The van der Waals surface area contributed by atoms with Gasteiger partial charge in [0.2, 0.25) is 5.91 Å². The molecule has 4 nitrogen and oxygen atoms in total. The van der Waals surface area contributed by atoms with Gasteiger partial charge in [0.15, 0.2) is 0 Å². The summed E-state index contributed by atoms with van der Waals surface area (Å²) in [4.78, 5) is 23.7. The molecule has 1 amide bonds. The topological polar surface area (TPSA) is 66.4 Å². The number of allylic oxidation sites excluding steroid dienone is 2. The molecular formula is C16H23NO3. The van der Waals surface area contributed by atoms with Gasteiger partial charge in [0.05, 0.1) is 11.8 Å². The average Bonchev–Trinajstić information content (AvgIpc) is 3.13. The monoisotopic (exact) mass is 277 g/mol. The first-order valence-corrected chi connectivity index (χ1v) is 7.85. The van der Waals surface area contributed by atoms with Gasteiger partial charge in [-0.1, -0.05) is 37.8 Å². The van der Waals surface area contributed by atoms with Crippen molar-refractivity contribution in [2.45, 2.75) is 38.5 Å². The van der Waals surface area contributed by atoms with Crippen LogP contribution in [0.5, 0.6) is 0 Å². The third kappa shape index (κ3) is 2.48. The smallest absolute Gasteiger partial charge is 0.307 e. The van der Waals surface area contributed by atoms with Crippen LogP contribution in [-0.4, -0.2) is 23.5 Å². The number of carboxylic acid groups (broad SMARTS) is 1. The van der Waals surface area contributed by atoms with Gasteiger partial charge in [-0.2, -0.15) is 0 Å². The first-order chi connectivity index (χ1) is 9.66. The lowest BCUT2D eigenvalue weighted by molar-refractivity contribution is -0.147. The summed E-state index contributed by atoms with van der Waals surface area (Å²) in [6, 6.07) is 0. The molecule has 0 saturated heterocycles. The molecule has 2 bridgehead atoms. The number of carbonyl (C=O) groups is 2. The van der Waals surface area contributed by atoms with Crippen molar-refractivity contribution >= 4 is 11.9 Å². The molecule has 4 atom stereocenters. The van der Waals surface area contributed by atoms with Crippen LogP contribution in [0.15, 0.2) is 12.2 Å². The number of amides is 1. The molecule has 110 valence electrons. The lowest BCUT2D eigenvalue weighted by atomic mass is 9.82. The van der Waals surface area contributed by atoms with Crippen LogP contribution in [-0.2, 0) is 9.59 Å². The minimum absolute atomic E-state index is 0.0488. The van der Waals surface area contributed by atoms with Gasteiger partial charge in [-0.15, -0.1) is 0 Å². The number of carboxylic acids is 1. The van der Waals surface area contributed by atoms with Crippen molar-refractivity contribution < 1.29 is 14.7 Å². The Kier molecular flexibility index (Phi) is 3.81. The predicted octanol–water partition coefficient (Wildman–Crippen LogP) is 2.21. The Hall–Kier alpha value is -1.32. The van der Waals surface area contributed by atoms with Gasteiger partial charge < -0.3 is 10.4 Å². The SMILES string of the molecule is O=C(O)C1C2C=CC(C2)C1C(=O)NCCC1CCCC1. The number of hydrogen-bond donors (Lipinski definition) is 2. The molecule has 0 radical (unpaired) electrons. The van der Waals surface area contributed by atoms with E-state index in [1.54, 1.807) is 0 Å². The number of carbonyl (C=O) groups excluding carboxylic acids is 1. The van der Waals surface area contributed by atoms with Gasteiger partial charge in [0, 0.05) is 6.54 Å². The van der Waals surface area contributed by atoms with Crippen LogP contribution in [0.2, 0.25) is 0 Å². The molecule has 0 aromatic rings. The third-order valence-electron chi connectivity index (χ3n) is 5.37. The first kappa shape index (κ1) is 13.7. The maximum Gasteiger partial charge on any atom is 0.307 e. The van der Waals surface area contributed by atoms with Gasteiger partial charge in [0.25, 0.3) is 0 Å². The minimum Gasteiger partial charge on any atom is -0.481 e. The second-order valence-electron chi connectivity index (χ2n) is 6.57. The zero-order valence-electron chi connectivity index (χ0n) is 11.8. The van der Waals surface area contributed by atoms with Gasteiger partial charge >= 0.3 is 5.97 Å². The molecule has 2 fully saturated rings. The molecule has 0 spiro atoms. The van der Waals surface area contributed by atoms with E-state index < -0.39 is 11.9 Å². The molecule has 0 aliphatic heterocycles. The Bertz CT molecular complexity index is 425. The molecule has 2 N–H and O–H groups in total. The fraction of sp³-hybridized carbons (Fsp3) is 0.750. The predicted molar refractivity (Wildman–Crippen MR) is 74.9 cm³/mol. The fourth-order valence-corrected chi connectivity index (χ4v) is 4.33. The van der Waals surface area contributed by atoms with E-state index >= 15 is 0 Å². The van der Waals surface area contributed by atoms with Gasteiger partial charge in [0.1, 0.15) is 0 Å². The third-order valence-corrected chi connectivity index (χ3v) is 5.37. The van der Waals surface area contributed by atoms with Gasteiger partial charge in [-0.25, -0.2) is 0 Å². The first-order valence-electron chi connectivity index (χ1n) is 7.85. The lowest BCUT2D eigenvalue weighted by Gasteiger charge is -2.24. The molecule has 3 aliphatic carbocycles. The van der Waals surface area contributed by atoms with Crippen LogP contribution in [0.1, 0.15) is 38.5 Å². The summed E-state index contributed by atoms with van der Waals surface area (Å²) >= 11 is 0. The van der Waals surface area contributed by atoms with E-state index in [0.29, 0.717) is 6.54 Å². The van der Waals surface area contributed by atoms with E-state index in [1.165, 1.54) is 25.7 Å². The highest BCUT2D eigenvalue weighted by atomic mass is 16.4. The van der Waals surface area contributed by atoms with E-state index in [-0.39, 0.29) is 23.7 Å². The molecule has 0 aromatic carbocycles. The molecule has 4 heteroatoms. The largest absolute Gasteiger partial charge is 0.481 e. The Morgan fingerprint density at radius 1 is 1.10 bits per heavy atom.